The van der Waals surface area contributed by atoms with Crippen LogP contribution in [-0.4, -0.2) is 81.7 Å². The summed E-state index contributed by atoms with van der Waals surface area (Å²) in [5.74, 6) is 0. The van der Waals surface area contributed by atoms with Gasteiger partial charge in [-0.15, -0.1) is 0 Å². The Morgan fingerprint density at radius 3 is 1.77 bits per heavy atom. The number of aromatic nitrogens is 1. The molecule has 0 N–H and O–H groups in total. The fourth-order valence-electron chi connectivity index (χ4n) is 1.35. The summed E-state index contributed by atoms with van der Waals surface area (Å²) in [5, 5.41) is 7.78. The van der Waals surface area contributed by atoms with Gasteiger partial charge in [-0.25, -0.2) is 4.98 Å². The van der Waals surface area contributed by atoms with Crippen molar-refractivity contribution in [1.82, 2.24) is 14.8 Å². The lowest BCUT2D eigenvalue weighted by Gasteiger charge is -2.07. The van der Waals surface area contributed by atoms with Crippen molar-refractivity contribution in [2.75, 3.05) is 54.5 Å². The standard InChI is InChI=1S/C15H25N5O2/c1-19(2)8-10-21-16-12-14-6-5-7-15(18-14)13-17-22-11-9-20(3)4/h5-7,12-13H,8-11H2,1-4H3. The molecule has 0 atom stereocenters. The monoisotopic (exact) mass is 307 g/mol. The minimum Gasteiger partial charge on any atom is -0.394 e. The van der Waals surface area contributed by atoms with Crippen molar-refractivity contribution in [3.8, 4) is 0 Å². The first-order chi connectivity index (χ1) is 10.6. The van der Waals surface area contributed by atoms with Gasteiger partial charge in [0.25, 0.3) is 0 Å². The molecule has 22 heavy (non-hydrogen) atoms. The first-order valence-electron chi connectivity index (χ1n) is 7.15. The highest BCUT2D eigenvalue weighted by Gasteiger charge is 1.94. The lowest BCUT2D eigenvalue weighted by molar-refractivity contribution is 0.127. The minimum absolute atomic E-state index is 0.546. The number of likely N-dealkylation sites (N-methyl/N-ethyl adjacent to an activating group) is 2. The zero-order valence-corrected chi connectivity index (χ0v) is 13.8. The maximum atomic E-state index is 5.15. The third-order valence-electron chi connectivity index (χ3n) is 2.57. The number of hydrogen-bond acceptors (Lipinski definition) is 7. The molecule has 0 bridgehead atoms. The van der Waals surface area contributed by atoms with Crippen LogP contribution in [0.15, 0.2) is 28.5 Å². The molecule has 0 aliphatic carbocycles. The van der Waals surface area contributed by atoms with Crippen LogP contribution >= 0.6 is 0 Å². The molecule has 0 radical (unpaired) electrons. The molecule has 0 spiro atoms. The maximum Gasteiger partial charge on any atom is 0.129 e. The molecule has 0 aliphatic rings. The van der Waals surface area contributed by atoms with Gasteiger partial charge in [-0.1, -0.05) is 16.4 Å². The molecule has 1 heterocycles. The molecular weight excluding hydrogens is 282 g/mol. The highest BCUT2D eigenvalue weighted by Crippen LogP contribution is 1.96. The van der Waals surface area contributed by atoms with E-state index in [1.807, 2.05) is 56.2 Å². The van der Waals surface area contributed by atoms with Crippen LogP contribution in [0.1, 0.15) is 11.4 Å². The third kappa shape index (κ3) is 9.04. The fraction of sp³-hybridized carbons (Fsp3) is 0.533. The smallest absolute Gasteiger partial charge is 0.129 e. The largest absolute Gasteiger partial charge is 0.394 e. The van der Waals surface area contributed by atoms with E-state index in [-0.39, 0.29) is 0 Å². The zero-order chi connectivity index (χ0) is 16.2. The average Bonchev–Trinajstić information content (AvgIpc) is 2.46. The van der Waals surface area contributed by atoms with Crippen LogP contribution in [0.5, 0.6) is 0 Å². The van der Waals surface area contributed by atoms with Crippen LogP contribution in [0.4, 0.5) is 0 Å². The van der Waals surface area contributed by atoms with E-state index in [0.29, 0.717) is 24.6 Å². The van der Waals surface area contributed by atoms with Gasteiger partial charge in [-0.2, -0.15) is 0 Å². The van der Waals surface area contributed by atoms with E-state index in [1.54, 1.807) is 12.4 Å². The quantitative estimate of drug-likeness (QED) is 0.365. The fourth-order valence-corrected chi connectivity index (χ4v) is 1.35. The van der Waals surface area contributed by atoms with E-state index in [2.05, 4.69) is 15.3 Å². The topological polar surface area (TPSA) is 62.6 Å². The van der Waals surface area contributed by atoms with Gasteiger partial charge >= 0.3 is 0 Å². The van der Waals surface area contributed by atoms with Crippen molar-refractivity contribution in [2.24, 2.45) is 10.3 Å². The summed E-state index contributed by atoms with van der Waals surface area (Å²) < 4.78 is 0. The molecule has 0 aliphatic heterocycles. The van der Waals surface area contributed by atoms with E-state index in [4.69, 9.17) is 9.68 Å². The molecule has 1 aromatic rings. The van der Waals surface area contributed by atoms with Crippen molar-refractivity contribution < 1.29 is 9.68 Å². The summed E-state index contributed by atoms with van der Waals surface area (Å²) in [4.78, 5) is 18.7. The van der Waals surface area contributed by atoms with Crippen LogP contribution in [0, 0.1) is 0 Å². The number of oxime groups is 2. The number of hydrogen-bond donors (Lipinski definition) is 0. The molecule has 7 nitrogen and oxygen atoms in total. The first kappa shape index (κ1) is 18.1. The summed E-state index contributed by atoms with van der Waals surface area (Å²) in [6, 6.07) is 5.58. The Kier molecular flexibility index (Phi) is 8.78. The van der Waals surface area contributed by atoms with Crippen LogP contribution in [0.2, 0.25) is 0 Å². The second-order valence-electron chi connectivity index (χ2n) is 5.23. The van der Waals surface area contributed by atoms with Crippen LogP contribution in [-0.2, 0) is 9.68 Å². The number of pyridine rings is 1. The van der Waals surface area contributed by atoms with Crippen LogP contribution in [0.3, 0.4) is 0 Å². The summed E-state index contributed by atoms with van der Waals surface area (Å²) in [6.07, 6.45) is 3.17. The van der Waals surface area contributed by atoms with Gasteiger partial charge in [-0.3, -0.25) is 0 Å². The van der Waals surface area contributed by atoms with E-state index in [1.165, 1.54) is 0 Å². The van der Waals surface area contributed by atoms with E-state index in [0.717, 1.165) is 13.1 Å². The minimum atomic E-state index is 0.546. The highest BCUT2D eigenvalue weighted by molar-refractivity contribution is 5.81. The van der Waals surface area contributed by atoms with E-state index < -0.39 is 0 Å². The molecular formula is C15H25N5O2. The average molecular weight is 307 g/mol. The molecule has 122 valence electrons. The van der Waals surface area contributed by atoms with Crippen molar-refractivity contribution in [2.45, 2.75) is 0 Å². The lowest BCUT2D eigenvalue weighted by Crippen LogP contribution is -2.17. The van der Waals surface area contributed by atoms with Crippen molar-refractivity contribution >= 4 is 12.4 Å². The number of rotatable bonds is 10. The molecule has 0 amide bonds. The third-order valence-corrected chi connectivity index (χ3v) is 2.57. The molecule has 7 heteroatoms. The second kappa shape index (κ2) is 10.7. The van der Waals surface area contributed by atoms with E-state index in [9.17, 15) is 0 Å². The van der Waals surface area contributed by atoms with Gasteiger partial charge in [0.1, 0.15) is 13.2 Å². The normalized spacial score (nSPS) is 11.9. The lowest BCUT2D eigenvalue weighted by atomic mass is 10.3. The second-order valence-corrected chi connectivity index (χ2v) is 5.23. The summed E-state index contributed by atoms with van der Waals surface area (Å²) in [6.45, 7) is 2.73. The Bertz CT molecular complexity index is 436. The van der Waals surface area contributed by atoms with E-state index >= 15 is 0 Å². The SMILES string of the molecule is CN(C)CCON=Cc1cccc(C=NOCCN(C)C)n1. The van der Waals surface area contributed by atoms with Gasteiger partial charge in [-0.05, 0) is 40.3 Å². The van der Waals surface area contributed by atoms with Gasteiger partial charge in [0.15, 0.2) is 0 Å². The van der Waals surface area contributed by atoms with Crippen LogP contribution in [0.25, 0.3) is 0 Å². The van der Waals surface area contributed by atoms with Crippen LogP contribution < -0.4 is 0 Å². The Balaban J connectivity index is 2.38. The Morgan fingerprint density at radius 2 is 1.36 bits per heavy atom. The summed E-state index contributed by atoms with van der Waals surface area (Å²) in [7, 11) is 7.94. The predicted octanol–water partition coefficient (Wildman–Crippen LogP) is 0.906. The maximum absolute atomic E-state index is 5.15. The predicted molar refractivity (Wildman–Crippen MR) is 88.4 cm³/mol. The summed E-state index contributed by atoms with van der Waals surface area (Å²) in [5.41, 5.74) is 1.42. The molecule has 1 aromatic heterocycles. The Morgan fingerprint density at radius 1 is 0.909 bits per heavy atom. The summed E-state index contributed by atoms with van der Waals surface area (Å²) >= 11 is 0. The zero-order valence-electron chi connectivity index (χ0n) is 13.8. The Labute approximate surface area is 132 Å². The number of nitrogens with zero attached hydrogens (tertiary/aromatic N) is 5. The molecule has 0 fully saturated rings. The molecule has 0 unspecified atom stereocenters. The van der Waals surface area contributed by atoms with Gasteiger partial charge in [0, 0.05) is 13.1 Å². The first-order valence-corrected chi connectivity index (χ1v) is 7.15. The van der Waals surface area contributed by atoms with Crippen molar-refractivity contribution in [3.63, 3.8) is 0 Å². The van der Waals surface area contributed by atoms with Gasteiger partial charge in [0.05, 0.1) is 23.8 Å². The highest BCUT2D eigenvalue weighted by atomic mass is 16.6. The molecule has 1 rings (SSSR count). The van der Waals surface area contributed by atoms with Gasteiger partial charge in [0.2, 0.25) is 0 Å². The molecule has 0 saturated carbocycles. The van der Waals surface area contributed by atoms with Crippen molar-refractivity contribution in [3.05, 3.63) is 29.6 Å². The Hall–Kier alpha value is -1.99. The molecule has 0 aromatic carbocycles. The molecule has 0 saturated heterocycles. The van der Waals surface area contributed by atoms with Crippen molar-refractivity contribution in [1.29, 1.82) is 0 Å². The van der Waals surface area contributed by atoms with Gasteiger partial charge < -0.3 is 19.5 Å².